The third-order valence-electron chi connectivity index (χ3n) is 2.73. The van der Waals surface area contributed by atoms with E-state index in [4.69, 9.17) is 5.11 Å². The van der Waals surface area contributed by atoms with Crippen molar-refractivity contribution in [1.29, 1.82) is 0 Å². The molecule has 0 radical (unpaired) electrons. The topological polar surface area (TPSA) is 74.7 Å². The molecule has 8 heteroatoms. The Bertz CT molecular complexity index is 527. The highest BCUT2D eigenvalue weighted by Gasteiger charge is 2.29. The second kappa shape index (κ2) is 5.79. The first-order chi connectivity index (χ1) is 8.54. The van der Waals surface area contributed by atoms with E-state index in [0.29, 0.717) is 35.2 Å². The van der Waals surface area contributed by atoms with Crippen molar-refractivity contribution >= 4 is 32.2 Å². The van der Waals surface area contributed by atoms with Crippen LogP contribution >= 0.6 is 11.3 Å². The number of sulfonamides is 1. The Hall–Kier alpha value is -0.280. The van der Waals surface area contributed by atoms with E-state index in [1.54, 1.807) is 12.1 Å². The van der Waals surface area contributed by atoms with Crippen molar-refractivity contribution in [2.75, 3.05) is 31.2 Å². The quantitative estimate of drug-likeness (QED) is 0.852. The van der Waals surface area contributed by atoms with Gasteiger partial charge in [0.15, 0.2) is 0 Å². The zero-order valence-electron chi connectivity index (χ0n) is 9.74. The maximum Gasteiger partial charge on any atom is 0.252 e. The average Bonchev–Trinajstić information content (AvgIpc) is 2.79. The molecule has 0 saturated carbocycles. The van der Waals surface area contributed by atoms with Crippen LogP contribution in [0.5, 0.6) is 0 Å². The van der Waals surface area contributed by atoms with Gasteiger partial charge < -0.3 is 5.11 Å². The molecule has 0 spiro atoms. The van der Waals surface area contributed by atoms with Crippen molar-refractivity contribution in [3.63, 3.8) is 0 Å². The molecule has 0 aliphatic carbocycles. The summed E-state index contributed by atoms with van der Waals surface area (Å²) in [5.74, 6) is 0.822. The number of hydrogen-bond acceptors (Lipinski definition) is 5. The molecule has 0 atom stereocenters. The molecule has 102 valence electrons. The Morgan fingerprint density at radius 2 is 2.00 bits per heavy atom. The summed E-state index contributed by atoms with van der Waals surface area (Å²) in [6.07, 6.45) is 0.476. The van der Waals surface area contributed by atoms with Gasteiger partial charge in [-0.25, -0.2) is 8.42 Å². The summed E-state index contributed by atoms with van der Waals surface area (Å²) in [6.45, 7) is 0.660. The van der Waals surface area contributed by atoms with Crippen LogP contribution in [0.3, 0.4) is 0 Å². The van der Waals surface area contributed by atoms with Crippen LogP contribution in [-0.2, 0) is 27.2 Å². The summed E-state index contributed by atoms with van der Waals surface area (Å²) in [4.78, 5) is 0.858. The normalized spacial score (nSPS) is 19.2. The van der Waals surface area contributed by atoms with Crippen molar-refractivity contribution in [1.82, 2.24) is 4.31 Å². The molecule has 18 heavy (non-hydrogen) atoms. The molecular formula is C10H15NO4S3. The largest absolute Gasteiger partial charge is 0.396 e. The molecule has 0 unspecified atom stereocenters. The van der Waals surface area contributed by atoms with E-state index in [0.717, 1.165) is 4.88 Å². The van der Waals surface area contributed by atoms with Crippen LogP contribution in [0.4, 0.5) is 0 Å². The van der Waals surface area contributed by atoms with Gasteiger partial charge in [0.1, 0.15) is 4.21 Å². The number of thiophene rings is 1. The highest BCUT2D eigenvalue weighted by atomic mass is 32.2. The Kier molecular flexibility index (Phi) is 4.54. The maximum atomic E-state index is 12.3. The van der Waals surface area contributed by atoms with E-state index >= 15 is 0 Å². The van der Waals surface area contributed by atoms with Crippen molar-refractivity contribution in [3.8, 4) is 0 Å². The lowest BCUT2D eigenvalue weighted by atomic mass is 10.4. The molecule has 2 rings (SSSR count). The fourth-order valence-corrected chi connectivity index (χ4v) is 5.95. The van der Waals surface area contributed by atoms with Crippen molar-refractivity contribution < 1.29 is 17.7 Å². The summed E-state index contributed by atoms with van der Waals surface area (Å²) in [5, 5.41) is 8.82. The van der Waals surface area contributed by atoms with E-state index in [1.807, 2.05) is 0 Å². The van der Waals surface area contributed by atoms with Gasteiger partial charge in [0.05, 0.1) is 0 Å². The molecule has 2 heterocycles. The molecule has 1 aromatic heterocycles. The lowest BCUT2D eigenvalue weighted by Gasteiger charge is -2.24. The molecule has 1 fully saturated rings. The first-order valence-corrected chi connectivity index (χ1v) is 9.33. The first-order valence-electron chi connectivity index (χ1n) is 5.59. The number of nitrogens with zero attached hydrogens (tertiary/aromatic N) is 1. The van der Waals surface area contributed by atoms with Crippen LogP contribution in [-0.4, -0.2) is 53.2 Å². The highest BCUT2D eigenvalue weighted by Crippen LogP contribution is 2.25. The molecule has 1 aromatic rings. The van der Waals surface area contributed by atoms with Gasteiger partial charge in [-0.05, 0) is 12.1 Å². The van der Waals surface area contributed by atoms with Crippen LogP contribution in [0.2, 0.25) is 0 Å². The Labute approximate surface area is 113 Å². The third-order valence-corrected chi connectivity index (χ3v) is 7.51. The van der Waals surface area contributed by atoms with Crippen molar-refractivity contribution in [2.45, 2.75) is 10.6 Å². The van der Waals surface area contributed by atoms with Crippen LogP contribution in [0.1, 0.15) is 4.88 Å². The minimum absolute atomic E-state index is 0.0166. The standard InChI is InChI=1S/C10H15NO4S3/c12-6-3-9-1-2-10(16-9)18(14,15)11-4-7-17(13)8-5-11/h1-2,12H,3-8H2. The summed E-state index contributed by atoms with van der Waals surface area (Å²) >= 11 is 1.19. The van der Waals surface area contributed by atoms with Gasteiger partial charge in [-0.3, -0.25) is 4.21 Å². The minimum atomic E-state index is -3.45. The summed E-state index contributed by atoms with van der Waals surface area (Å²) in [5.41, 5.74) is 0. The van der Waals surface area contributed by atoms with Crippen LogP contribution in [0, 0.1) is 0 Å². The highest BCUT2D eigenvalue weighted by molar-refractivity contribution is 7.91. The fourth-order valence-electron chi connectivity index (χ4n) is 1.73. The molecule has 1 saturated heterocycles. The minimum Gasteiger partial charge on any atom is -0.396 e. The van der Waals surface area contributed by atoms with Gasteiger partial charge in [0.25, 0.3) is 10.0 Å². The molecule has 1 N–H and O–H groups in total. The molecule has 5 nitrogen and oxygen atoms in total. The number of hydrogen-bond donors (Lipinski definition) is 1. The zero-order chi connectivity index (χ0) is 13.2. The lowest BCUT2D eigenvalue weighted by molar-refractivity contribution is 0.300. The summed E-state index contributed by atoms with van der Waals surface area (Å²) in [6, 6.07) is 3.31. The van der Waals surface area contributed by atoms with E-state index in [1.165, 1.54) is 15.6 Å². The van der Waals surface area contributed by atoms with E-state index in [-0.39, 0.29) is 6.61 Å². The Morgan fingerprint density at radius 1 is 1.33 bits per heavy atom. The molecule has 1 aliphatic rings. The predicted octanol–water partition coefficient (Wildman–Crippen LogP) is 0.0359. The Balaban J connectivity index is 2.16. The van der Waals surface area contributed by atoms with Crippen LogP contribution < -0.4 is 0 Å². The molecule has 0 aromatic carbocycles. The maximum absolute atomic E-state index is 12.3. The van der Waals surface area contributed by atoms with Gasteiger partial charge in [-0.15, -0.1) is 11.3 Å². The molecule has 0 amide bonds. The fraction of sp³-hybridized carbons (Fsp3) is 0.600. The first kappa shape index (κ1) is 14.1. The molecule has 0 bridgehead atoms. The van der Waals surface area contributed by atoms with Gasteiger partial charge in [-0.1, -0.05) is 0 Å². The monoisotopic (exact) mass is 309 g/mol. The second-order valence-electron chi connectivity index (χ2n) is 3.95. The Morgan fingerprint density at radius 3 is 2.61 bits per heavy atom. The summed E-state index contributed by atoms with van der Waals surface area (Å²) < 4.78 is 37.5. The predicted molar refractivity (Wildman–Crippen MR) is 71.7 cm³/mol. The van der Waals surface area contributed by atoms with Gasteiger partial charge in [0.2, 0.25) is 0 Å². The van der Waals surface area contributed by atoms with Gasteiger partial charge in [0, 0.05) is 53.3 Å². The number of aliphatic hydroxyl groups is 1. The third kappa shape index (κ3) is 3.00. The average molecular weight is 309 g/mol. The van der Waals surface area contributed by atoms with E-state index in [2.05, 4.69) is 0 Å². The second-order valence-corrected chi connectivity index (χ2v) is 8.98. The molecule has 1 aliphatic heterocycles. The van der Waals surface area contributed by atoms with Crippen molar-refractivity contribution in [3.05, 3.63) is 17.0 Å². The van der Waals surface area contributed by atoms with Crippen molar-refractivity contribution in [2.24, 2.45) is 0 Å². The van der Waals surface area contributed by atoms with E-state index < -0.39 is 20.8 Å². The van der Waals surface area contributed by atoms with Gasteiger partial charge >= 0.3 is 0 Å². The lowest BCUT2D eigenvalue weighted by Crippen LogP contribution is -2.41. The summed E-state index contributed by atoms with van der Waals surface area (Å²) in [7, 11) is -4.33. The van der Waals surface area contributed by atoms with Gasteiger partial charge in [-0.2, -0.15) is 4.31 Å². The number of rotatable bonds is 4. The molecular weight excluding hydrogens is 294 g/mol. The number of aliphatic hydroxyl groups excluding tert-OH is 1. The van der Waals surface area contributed by atoms with Crippen LogP contribution in [0.15, 0.2) is 16.3 Å². The van der Waals surface area contributed by atoms with E-state index in [9.17, 15) is 12.6 Å². The van der Waals surface area contributed by atoms with Crippen LogP contribution in [0.25, 0.3) is 0 Å². The smallest absolute Gasteiger partial charge is 0.252 e. The SMILES string of the molecule is O=S1CCN(S(=O)(=O)c2ccc(CCO)s2)CC1. The zero-order valence-corrected chi connectivity index (χ0v) is 12.2.